The standard InChI is InChI=1S/C68H84N4O9/c1-4-12-55-49-30-48(29-44-19-22-54(42-13-7-5-8-14-42)56-37-60(76)61(81-3)33-45(56)20-23-59(75)66(79)65(78)57(44)32-49)53(15-11-28-73)46-24-27-70-63(35-46)72-51-21-18-43-16-17-47(64(77)58(43)36-51)31-52(74)40-69-38-41(2)50-34-62(71-39-50)68(67(55)80)25-9-6-10-26-68/h5,7-8,13-14,16-18,21,24,33-37,39,41,44,48-49,52-55,57,66-67,69-74,76-77,79-80H,4,6,9-12,15,20,23,25-32,38,40H2,1-3H3. The summed E-state index contributed by atoms with van der Waals surface area (Å²) in [6.45, 7) is 5.76. The van der Waals surface area contributed by atoms with Crippen LogP contribution in [0.15, 0.2) is 109 Å². The fourth-order valence-corrected chi connectivity index (χ4v) is 14.7. The summed E-state index contributed by atoms with van der Waals surface area (Å²) in [4.78, 5) is 33.6. The molecule has 11 atom stereocenters. The highest BCUT2D eigenvalue weighted by molar-refractivity contribution is 6.06. The van der Waals surface area contributed by atoms with Gasteiger partial charge in [0, 0.05) is 79.3 Å². The maximum atomic E-state index is 15.5. The molecule has 10 N–H and O–H groups in total. The average molecular weight is 1100 g/mol. The second-order valence-corrected chi connectivity index (χ2v) is 24.2. The number of aliphatic hydroxyl groups excluding tert-OH is 4. The summed E-state index contributed by atoms with van der Waals surface area (Å²) in [5, 5.41) is 83.0. The first kappa shape index (κ1) is 57.8. The van der Waals surface area contributed by atoms with Crippen molar-refractivity contribution in [2.75, 3.05) is 38.7 Å². The zero-order chi connectivity index (χ0) is 56.8. The monoisotopic (exact) mass is 1100 g/mol. The van der Waals surface area contributed by atoms with Crippen molar-refractivity contribution in [3.8, 4) is 29.1 Å². The number of aromatic nitrogens is 1. The van der Waals surface area contributed by atoms with Gasteiger partial charge in [-0.2, -0.15) is 0 Å². The number of aliphatic hydroxyl groups is 4. The lowest BCUT2D eigenvalue weighted by atomic mass is 9.61. The number of fused-ring (bicyclic) bond motifs is 10. The van der Waals surface area contributed by atoms with Crippen molar-refractivity contribution in [2.45, 2.75) is 146 Å². The van der Waals surface area contributed by atoms with E-state index in [2.05, 4.69) is 71.0 Å². The Morgan fingerprint density at radius 1 is 0.827 bits per heavy atom. The van der Waals surface area contributed by atoms with E-state index in [0.717, 1.165) is 88.9 Å². The Morgan fingerprint density at radius 3 is 2.41 bits per heavy atom. The summed E-state index contributed by atoms with van der Waals surface area (Å²) in [6.07, 6.45) is 11.9. The number of hydrogen-bond acceptors (Lipinski definition) is 12. The Bertz CT molecular complexity index is 3150. The number of aryl methyl sites for hydroxylation is 1. The molecule has 13 nitrogen and oxygen atoms in total. The number of rotatable bonds is 7. The third-order valence-electron chi connectivity index (χ3n) is 19.1. The van der Waals surface area contributed by atoms with E-state index in [-0.39, 0.29) is 72.7 Å². The van der Waals surface area contributed by atoms with Crippen LogP contribution in [0, 0.1) is 47.3 Å². The predicted molar refractivity (Wildman–Crippen MR) is 317 cm³/mol. The fourth-order valence-electron chi connectivity index (χ4n) is 14.7. The molecule has 81 heavy (non-hydrogen) atoms. The number of ketones is 2. The minimum atomic E-state index is -1.88. The number of hydrogen-bond donors (Lipinski definition) is 10. The summed E-state index contributed by atoms with van der Waals surface area (Å²) in [5.74, 6) is 4.67. The van der Waals surface area contributed by atoms with Crippen molar-refractivity contribution >= 4 is 28.0 Å². The van der Waals surface area contributed by atoms with E-state index in [1.165, 1.54) is 7.11 Å². The number of anilines is 1. The first-order valence-corrected chi connectivity index (χ1v) is 30.0. The number of nitrogens with one attached hydrogen (secondary N) is 4. The van der Waals surface area contributed by atoms with Crippen molar-refractivity contribution in [3.63, 3.8) is 0 Å². The molecule has 4 aromatic carbocycles. The molecular formula is C68H84N4O9. The van der Waals surface area contributed by atoms with E-state index < -0.39 is 53.0 Å². The van der Waals surface area contributed by atoms with Crippen LogP contribution in [0.3, 0.4) is 0 Å². The topological polar surface area (TPSA) is 217 Å². The molecule has 3 aliphatic carbocycles. The van der Waals surface area contributed by atoms with Gasteiger partial charge in [-0.1, -0.05) is 106 Å². The number of aromatic amines is 1. The number of β-amino-alcohol motifs (C(OH)–C–C–N with tert-alkyl or cyclic N) is 1. The molecule has 1 aromatic heterocycles. The molecule has 5 aromatic rings. The van der Waals surface area contributed by atoms with Crippen molar-refractivity contribution in [1.29, 1.82) is 0 Å². The molecule has 0 amide bonds. The van der Waals surface area contributed by atoms with Crippen LogP contribution in [-0.4, -0.2) is 98.9 Å². The van der Waals surface area contributed by atoms with Gasteiger partial charge in [0.2, 0.25) is 0 Å². The Morgan fingerprint density at radius 2 is 1.63 bits per heavy atom. The number of phenols is 2. The highest BCUT2D eigenvalue weighted by Gasteiger charge is 2.50. The zero-order valence-electron chi connectivity index (χ0n) is 47.4. The molecule has 11 unspecified atom stereocenters. The van der Waals surface area contributed by atoms with Gasteiger partial charge in [-0.3, -0.25) is 9.59 Å². The van der Waals surface area contributed by atoms with Gasteiger partial charge in [0.1, 0.15) is 11.6 Å². The number of H-pyrrole nitrogens is 1. The van der Waals surface area contributed by atoms with E-state index in [9.17, 15) is 35.4 Å². The number of aromatic hydroxyl groups is 2. The number of Topliss-reactive ketones (excluding diaryl/α,β-unsaturated/α-hetero) is 2. The molecule has 9 bridgehead atoms. The molecule has 0 radical (unpaired) electrons. The lowest BCUT2D eigenvalue weighted by Gasteiger charge is -2.46. The molecule has 2 aliphatic heterocycles. The van der Waals surface area contributed by atoms with Crippen molar-refractivity contribution in [3.05, 3.63) is 142 Å². The smallest absolute Gasteiger partial charge is 0.173 e. The number of phenolic OH excluding ortho intramolecular Hbond substituents is 2. The second kappa shape index (κ2) is 25.8. The van der Waals surface area contributed by atoms with Gasteiger partial charge in [-0.25, -0.2) is 0 Å². The SMILES string of the molecule is CCCC1C2CC(CC3C#CC(c4ccccc4)c4cc(O)c(OC)cc4CCC(=O)C(O)C(=O)C3C2)C(CCCO)C2=CCNC(=C2)Nc2ccc3ccc(c(O)c3c2)CC(O)CNCC(C)c2c[nH]c(c2)C2(CCCCC2)C1O. The summed E-state index contributed by atoms with van der Waals surface area (Å²) >= 11 is 0. The molecule has 1 spiro atoms. The molecule has 3 heterocycles. The number of carbonyl (C=O) groups excluding carboxylic acids is 2. The van der Waals surface area contributed by atoms with E-state index in [1.807, 2.05) is 60.7 Å². The van der Waals surface area contributed by atoms with Crippen molar-refractivity contribution in [2.24, 2.45) is 35.5 Å². The number of dihydropyridines is 1. The Hall–Kier alpha value is -6.40. The van der Waals surface area contributed by atoms with Crippen molar-refractivity contribution in [1.82, 2.24) is 15.6 Å². The van der Waals surface area contributed by atoms with Gasteiger partial charge in [-0.05, 0) is 163 Å². The molecule has 2 saturated carbocycles. The van der Waals surface area contributed by atoms with Gasteiger partial charge in [0.05, 0.1) is 25.2 Å². The normalized spacial score (nSPS) is 28.4. The number of methoxy groups -OCH3 is 1. The van der Waals surface area contributed by atoms with Crippen LogP contribution >= 0.6 is 0 Å². The first-order chi connectivity index (χ1) is 39.3. The molecule has 13 heteroatoms. The Kier molecular flexibility index (Phi) is 18.4. The third-order valence-corrected chi connectivity index (χ3v) is 19.1. The molecular weight excluding hydrogens is 1020 g/mol. The third kappa shape index (κ3) is 12.5. The van der Waals surface area contributed by atoms with Crippen LogP contribution in [-0.2, 0) is 27.8 Å². The van der Waals surface area contributed by atoms with Crippen LogP contribution in [0.4, 0.5) is 5.69 Å². The van der Waals surface area contributed by atoms with Gasteiger partial charge in [0.25, 0.3) is 0 Å². The first-order valence-electron chi connectivity index (χ1n) is 30.0. The van der Waals surface area contributed by atoms with Crippen LogP contribution in [0.1, 0.15) is 143 Å². The van der Waals surface area contributed by atoms with Crippen LogP contribution in [0.5, 0.6) is 17.2 Å². The Labute approximate surface area is 477 Å². The van der Waals surface area contributed by atoms with Gasteiger partial charge >= 0.3 is 0 Å². The lowest BCUT2D eigenvalue weighted by molar-refractivity contribution is -0.142. The summed E-state index contributed by atoms with van der Waals surface area (Å²) < 4.78 is 5.56. The van der Waals surface area contributed by atoms with Crippen LogP contribution in [0.25, 0.3) is 10.8 Å². The largest absolute Gasteiger partial charge is 0.507 e. The second-order valence-electron chi connectivity index (χ2n) is 24.2. The predicted octanol–water partition coefficient (Wildman–Crippen LogP) is 9.98. The van der Waals surface area contributed by atoms with Crippen LogP contribution in [0.2, 0.25) is 0 Å². The number of allylic oxidation sites excluding steroid dienone is 2. The van der Waals surface area contributed by atoms with E-state index in [0.29, 0.717) is 69.1 Å². The summed E-state index contributed by atoms with van der Waals surface area (Å²) in [6, 6.07) is 25.3. The lowest BCUT2D eigenvalue weighted by Crippen LogP contribution is -2.48. The maximum Gasteiger partial charge on any atom is 0.173 e. The van der Waals surface area contributed by atoms with E-state index >= 15 is 4.79 Å². The minimum absolute atomic E-state index is 0.0203. The molecule has 5 aliphatic rings. The highest BCUT2D eigenvalue weighted by atomic mass is 16.5. The molecule has 10 rings (SSSR count). The fraction of sp³-hybridized carbons (Fsp3) is 0.500. The van der Waals surface area contributed by atoms with E-state index in [1.54, 1.807) is 12.1 Å². The average Bonchev–Trinajstić information content (AvgIpc) is 4.09. The summed E-state index contributed by atoms with van der Waals surface area (Å²) in [7, 11) is 1.48. The van der Waals surface area contributed by atoms with Gasteiger partial charge in [0.15, 0.2) is 29.2 Å². The summed E-state index contributed by atoms with van der Waals surface area (Å²) in [5.41, 5.74) is 6.33. The van der Waals surface area contributed by atoms with Crippen LogP contribution < -0.4 is 20.7 Å². The van der Waals surface area contributed by atoms with Gasteiger partial charge < -0.3 is 56.3 Å². The zero-order valence-corrected chi connectivity index (χ0v) is 47.4. The molecule has 0 saturated heterocycles. The van der Waals surface area contributed by atoms with E-state index in [4.69, 9.17) is 4.74 Å². The van der Waals surface area contributed by atoms with Gasteiger partial charge in [-0.15, -0.1) is 0 Å². The van der Waals surface area contributed by atoms with Crippen molar-refractivity contribution < 1.29 is 45.0 Å². The number of benzene rings is 4. The Balaban J connectivity index is 1.15. The minimum Gasteiger partial charge on any atom is -0.507 e. The maximum absolute atomic E-state index is 15.5. The highest BCUT2D eigenvalue weighted by Crippen LogP contribution is 2.52. The molecule has 430 valence electrons. The molecule has 2 fully saturated rings. The quantitative estimate of drug-likeness (QED) is 0.0544. The number of ether oxygens (including phenoxy) is 1. The number of carbonyl (C=O) groups is 2.